The number of amidine groups is 1. The van der Waals surface area contributed by atoms with Crippen LogP contribution < -0.4 is 0 Å². The average molecular weight is 309 g/mol. The van der Waals surface area contributed by atoms with Gasteiger partial charge in [0.05, 0.1) is 0 Å². The van der Waals surface area contributed by atoms with E-state index in [0.29, 0.717) is 12.0 Å². The number of rotatable bonds is 4. The van der Waals surface area contributed by atoms with Crippen molar-refractivity contribution < 1.29 is 0 Å². The van der Waals surface area contributed by atoms with Crippen molar-refractivity contribution in [3.05, 3.63) is 36.0 Å². The Kier molecular flexibility index (Phi) is 3.34. The molecule has 1 atom stereocenters. The van der Waals surface area contributed by atoms with Crippen molar-refractivity contribution in [2.75, 3.05) is 14.1 Å². The Morgan fingerprint density at radius 2 is 2.09 bits per heavy atom. The molecule has 120 valence electrons. The van der Waals surface area contributed by atoms with Gasteiger partial charge in [-0.1, -0.05) is 6.07 Å². The average Bonchev–Trinajstić information content (AvgIpc) is 3.03. The van der Waals surface area contributed by atoms with E-state index in [1.165, 1.54) is 10.9 Å². The molecule has 1 fully saturated rings. The second-order valence-electron chi connectivity index (χ2n) is 7.18. The Bertz CT molecular complexity index is 782. The maximum absolute atomic E-state index is 4.86. The molecule has 0 spiro atoms. The summed E-state index contributed by atoms with van der Waals surface area (Å²) in [6.07, 6.45) is 5.04. The summed E-state index contributed by atoms with van der Waals surface area (Å²) in [5, 5.41) is 10.1. The minimum Gasteiger partial charge on any atom is -0.361 e. The fraction of sp³-hybridized carbons (Fsp3) is 0.500. The van der Waals surface area contributed by atoms with Gasteiger partial charge in [-0.25, -0.2) is 4.99 Å². The van der Waals surface area contributed by atoms with Crippen LogP contribution in [0.5, 0.6) is 0 Å². The molecule has 1 aromatic heterocycles. The van der Waals surface area contributed by atoms with Crippen LogP contribution >= 0.6 is 0 Å². The number of H-pyrrole nitrogens is 1. The molecule has 1 saturated carbocycles. The largest absolute Gasteiger partial charge is 0.361 e. The van der Waals surface area contributed by atoms with Gasteiger partial charge < -0.3 is 9.88 Å². The molecule has 0 bridgehead atoms. The number of aromatic amines is 1. The van der Waals surface area contributed by atoms with Crippen molar-refractivity contribution in [1.29, 1.82) is 0 Å². The molecule has 1 aliphatic heterocycles. The summed E-state index contributed by atoms with van der Waals surface area (Å²) >= 11 is 0. The van der Waals surface area contributed by atoms with Gasteiger partial charge in [0.15, 0.2) is 11.5 Å². The zero-order valence-electron chi connectivity index (χ0n) is 14.0. The van der Waals surface area contributed by atoms with Crippen LogP contribution in [0.1, 0.15) is 25.3 Å². The molecule has 0 saturated heterocycles. The third-order valence-electron chi connectivity index (χ3n) is 5.32. The first-order valence-corrected chi connectivity index (χ1v) is 8.27. The van der Waals surface area contributed by atoms with Gasteiger partial charge in [0.25, 0.3) is 0 Å². The highest BCUT2D eigenvalue weighted by molar-refractivity contribution is 5.88. The zero-order chi connectivity index (χ0) is 16.0. The summed E-state index contributed by atoms with van der Waals surface area (Å²) in [4.78, 5) is 10.4. The molecule has 2 aromatic rings. The van der Waals surface area contributed by atoms with Crippen LogP contribution in [-0.4, -0.2) is 41.5 Å². The van der Waals surface area contributed by atoms with E-state index in [4.69, 9.17) is 4.99 Å². The predicted molar refractivity (Wildman–Crippen MR) is 92.9 cm³/mol. The molecule has 2 aliphatic rings. The standard InChI is InChI=1S/C18H23N5/c1-18(14-10-15(11-14)23(2)3)20-17(21-22-18)9-12-4-5-16-13(8-12)6-7-19-16/h4-8,14-15,19H,9-11H2,1-3H3. The van der Waals surface area contributed by atoms with Crippen LogP contribution in [0.2, 0.25) is 0 Å². The summed E-state index contributed by atoms with van der Waals surface area (Å²) in [7, 11) is 4.29. The van der Waals surface area contributed by atoms with E-state index in [0.717, 1.165) is 30.6 Å². The highest BCUT2D eigenvalue weighted by atomic mass is 15.3. The van der Waals surface area contributed by atoms with Crippen LogP contribution in [0, 0.1) is 5.92 Å². The van der Waals surface area contributed by atoms with Gasteiger partial charge in [-0.05, 0) is 63.0 Å². The number of fused-ring (bicyclic) bond motifs is 1. The van der Waals surface area contributed by atoms with Crippen LogP contribution in [0.25, 0.3) is 10.9 Å². The molecule has 1 unspecified atom stereocenters. The van der Waals surface area contributed by atoms with Gasteiger partial charge in [-0.3, -0.25) is 0 Å². The quantitative estimate of drug-likeness (QED) is 0.921. The minimum absolute atomic E-state index is 0.347. The summed E-state index contributed by atoms with van der Waals surface area (Å²) in [6.45, 7) is 2.12. The third kappa shape index (κ3) is 2.59. The maximum atomic E-state index is 4.86. The van der Waals surface area contributed by atoms with Crippen molar-refractivity contribution in [2.24, 2.45) is 21.1 Å². The molecular formula is C18H23N5. The fourth-order valence-electron chi connectivity index (χ4n) is 3.56. The number of hydrogen-bond acceptors (Lipinski definition) is 4. The minimum atomic E-state index is -0.347. The lowest BCUT2D eigenvalue weighted by Gasteiger charge is -2.44. The Balaban J connectivity index is 1.47. The van der Waals surface area contributed by atoms with Crippen LogP contribution in [0.15, 0.2) is 45.7 Å². The van der Waals surface area contributed by atoms with Crippen LogP contribution in [0.3, 0.4) is 0 Å². The Hall–Kier alpha value is -2.01. The van der Waals surface area contributed by atoms with Crippen molar-refractivity contribution in [3.63, 3.8) is 0 Å². The van der Waals surface area contributed by atoms with Crippen LogP contribution in [0.4, 0.5) is 0 Å². The normalized spacial score (nSPS) is 30.0. The predicted octanol–water partition coefficient (Wildman–Crippen LogP) is 3.63. The SMILES string of the molecule is CN(C)C1CC(C2(C)N=NC(Cc3ccc4[nH]ccc4c3)=N2)C1. The second kappa shape index (κ2) is 5.27. The molecule has 1 aromatic carbocycles. The molecule has 23 heavy (non-hydrogen) atoms. The van der Waals surface area contributed by atoms with Crippen molar-refractivity contribution in [1.82, 2.24) is 9.88 Å². The molecule has 1 N–H and O–H groups in total. The molecule has 0 radical (unpaired) electrons. The molecular weight excluding hydrogens is 286 g/mol. The molecule has 5 heteroatoms. The highest BCUT2D eigenvalue weighted by Crippen LogP contribution is 2.43. The lowest BCUT2D eigenvalue weighted by molar-refractivity contribution is 0.0748. The summed E-state index contributed by atoms with van der Waals surface area (Å²) < 4.78 is 0. The molecule has 5 nitrogen and oxygen atoms in total. The van der Waals surface area contributed by atoms with Gasteiger partial charge in [-0.2, -0.15) is 5.11 Å². The van der Waals surface area contributed by atoms with Gasteiger partial charge >= 0.3 is 0 Å². The number of hydrogen-bond donors (Lipinski definition) is 1. The molecule has 4 rings (SSSR count). The number of nitrogens with one attached hydrogen (secondary N) is 1. The van der Waals surface area contributed by atoms with Crippen molar-refractivity contribution in [2.45, 2.75) is 37.9 Å². The van der Waals surface area contributed by atoms with E-state index < -0.39 is 0 Å². The van der Waals surface area contributed by atoms with E-state index in [-0.39, 0.29) is 5.66 Å². The smallest absolute Gasteiger partial charge is 0.173 e. The first-order valence-electron chi connectivity index (χ1n) is 8.27. The van der Waals surface area contributed by atoms with E-state index in [2.05, 4.69) is 65.4 Å². The van der Waals surface area contributed by atoms with E-state index in [1.54, 1.807) is 0 Å². The Morgan fingerprint density at radius 1 is 1.26 bits per heavy atom. The monoisotopic (exact) mass is 309 g/mol. The first-order chi connectivity index (χ1) is 11.0. The van der Waals surface area contributed by atoms with E-state index >= 15 is 0 Å². The summed E-state index contributed by atoms with van der Waals surface area (Å²) in [5.74, 6) is 1.37. The third-order valence-corrected chi connectivity index (χ3v) is 5.32. The van der Waals surface area contributed by atoms with E-state index in [1.807, 2.05) is 6.20 Å². The van der Waals surface area contributed by atoms with Gasteiger partial charge in [0.1, 0.15) is 0 Å². The van der Waals surface area contributed by atoms with Crippen LogP contribution in [-0.2, 0) is 6.42 Å². The molecule has 2 heterocycles. The number of aliphatic imine (C=N–C) groups is 1. The maximum Gasteiger partial charge on any atom is 0.173 e. The highest BCUT2D eigenvalue weighted by Gasteiger charge is 2.45. The topological polar surface area (TPSA) is 56.1 Å². The first kappa shape index (κ1) is 14.6. The zero-order valence-corrected chi connectivity index (χ0v) is 14.0. The number of azo groups is 1. The van der Waals surface area contributed by atoms with Crippen molar-refractivity contribution in [3.8, 4) is 0 Å². The van der Waals surface area contributed by atoms with Gasteiger partial charge in [0, 0.05) is 30.1 Å². The Morgan fingerprint density at radius 3 is 2.87 bits per heavy atom. The lowest BCUT2D eigenvalue weighted by atomic mass is 9.72. The fourth-order valence-corrected chi connectivity index (χ4v) is 3.56. The lowest BCUT2D eigenvalue weighted by Crippen LogP contribution is -2.48. The molecule has 1 aliphatic carbocycles. The number of nitrogens with zero attached hydrogens (tertiary/aromatic N) is 4. The van der Waals surface area contributed by atoms with Crippen molar-refractivity contribution >= 4 is 16.7 Å². The number of benzene rings is 1. The van der Waals surface area contributed by atoms with Gasteiger partial charge in [0.2, 0.25) is 0 Å². The Labute approximate surface area is 136 Å². The molecule has 0 amide bonds. The summed E-state index contributed by atoms with van der Waals surface area (Å²) in [6, 6.07) is 9.21. The number of aromatic nitrogens is 1. The van der Waals surface area contributed by atoms with Gasteiger partial charge in [-0.15, -0.1) is 5.11 Å². The van der Waals surface area contributed by atoms with E-state index in [9.17, 15) is 0 Å². The summed E-state index contributed by atoms with van der Waals surface area (Å²) in [5.41, 5.74) is 2.05. The second-order valence-corrected chi connectivity index (χ2v) is 7.18.